The van der Waals surface area contributed by atoms with Crippen LogP contribution in [0.2, 0.25) is 0 Å². The van der Waals surface area contributed by atoms with E-state index in [1.807, 2.05) is 6.92 Å². The van der Waals surface area contributed by atoms with Gasteiger partial charge in [-0.2, -0.15) is 0 Å². The van der Waals surface area contributed by atoms with Crippen LogP contribution in [0.5, 0.6) is 0 Å². The molecule has 1 unspecified atom stereocenters. The standard InChI is InChI=1S/C11H23N3O2/c1-8(2)4-5-13-11(16)7-14-9(3)6-10(12)15/h8-9,14H,4-7H2,1-3H3,(H2,12,15)(H,13,16). The summed E-state index contributed by atoms with van der Waals surface area (Å²) >= 11 is 0. The molecular weight excluding hydrogens is 206 g/mol. The van der Waals surface area contributed by atoms with Crippen LogP contribution in [0.15, 0.2) is 0 Å². The van der Waals surface area contributed by atoms with Crippen molar-refractivity contribution in [3.63, 3.8) is 0 Å². The van der Waals surface area contributed by atoms with E-state index in [0.717, 1.165) is 6.42 Å². The molecule has 5 heteroatoms. The predicted octanol–water partition coefficient (Wildman–Crippen LogP) is 0.00220. The lowest BCUT2D eigenvalue weighted by Crippen LogP contribution is -2.40. The second-order valence-corrected chi connectivity index (χ2v) is 4.48. The number of carbonyl (C=O) groups is 2. The smallest absolute Gasteiger partial charge is 0.233 e. The molecule has 0 aliphatic carbocycles. The van der Waals surface area contributed by atoms with E-state index in [4.69, 9.17) is 5.73 Å². The third kappa shape index (κ3) is 9.45. The number of nitrogens with two attached hydrogens (primary N) is 1. The molecular formula is C11H23N3O2. The van der Waals surface area contributed by atoms with Crippen LogP contribution in [0.4, 0.5) is 0 Å². The molecule has 1 atom stereocenters. The van der Waals surface area contributed by atoms with Gasteiger partial charge in [-0.05, 0) is 19.3 Å². The van der Waals surface area contributed by atoms with Crippen molar-refractivity contribution in [3.05, 3.63) is 0 Å². The molecule has 0 aliphatic rings. The van der Waals surface area contributed by atoms with Gasteiger partial charge in [0.05, 0.1) is 6.54 Å². The summed E-state index contributed by atoms with van der Waals surface area (Å²) in [5, 5.41) is 5.74. The van der Waals surface area contributed by atoms with E-state index in [9.17, 15) is 9.59 Å². The Morgan fingerprint density at radius 1 is 1.25 bits per heavy atom. The highest BCUT2D eigenvalue weighted by Crippen LogP contribution is 1.96. The number of primary amides is 1. The lowest BCUT2D eigenvalue weighted by atomic mass is 10.1. The Bertz CT molecular complexity index is 229. The van der Waals surface area contributed by atoms with Crippen LogP contribution >= 0.6 is 0 Å². The molecule has 0 bridgehead atoms. The largest absolute Gasteiger partial charge is 0.370 e. The van der Waals surface area contributed by atoms with Crippen molar-refractivity contribution in [3.8, 4) is 0 Å². The van der Waals surface area contributed by atoms with Crippen LogP contribution in [0.3, 0.4) is 0 Å². The van der Waals surface area contributed by atoms with Crippen LogP contribution in [-0.2, 0) is 9.59 Å². The van der Waals surface area contributed by atoms with Crippen LogP contribution in [0, 0.1) is 5.92 Å². The van der Waals surface area contributed by atoms with Gasteiger partial charge in [-0.3, -0.25) is 9.59 Å². The van der Waals surface area contributed by atoms with Gasteiger partial charge in [0.25, 0.3) is 0 Å². The molecule has 94 valence electrons. The highest BCUT2D eigenvalue weighted by Gasteiger charge is 2.07. The van der Waals surface area contributed by atoms with Crippen molar-refractivity contribution in [2.24, 2.45) is 11.7 Å². The van der Waals surface area contributed by atoms with Crippen molar-refractivity contribution >= 4 is 11.8 Å². The first-order chi connectivity index (χ1) is 7.41. The number of rotatable bonds is 8. The minimum atomic E-state index is -0.361. The molecule has 0 heterocycles. The molecule has 0 radical (unpaired) electrons. The lowest BCUT2D eigenvalue weighted by Gasteiger charge is -2.12. The fourth-order valence-electron chi connectivity index (χ4n) is 1.20. The molecule has 0 fully saturated rings. The zero-order chi connectivity index (χ0) is 12.6. The van der Waals surface area contributed by atoms with Crippen molar-refractivity contribution in [2.75, 3.05) is 13.1 Å². The van der Waals surface area contributed by atoms with Gasteiger partial charge in [-0.15, -0.1) is 0 Å². The van der Waals surface area contributed by atoms with Crippen molar-refractivity contribution in [1.29, 1.82) is 0 Å². The maximum absolute atomic E-state index is 11.3. The zero-order valence-electron chi connectivity index (χ0n) is 10.4. The average Bonchev–Trinajstić information content (AvgIpc) is 2.13. The minimum absolute atomic E-state index is 0.0445. The molecule has 0 aromatic rings. The first kappa shape index (κ1) is 14.9. The maximum atomic E-state index is 11.3. The second-order valence-electron chi connectivity index (χ2n) is 4.48. The van der Waals surface area contributed by atoms with Gasteiger partial charge in [-0.1, -0.05) is 13.8 Å². The Labute approximate surface area is 97.2 Å². The summed E-state index contributed by atoms with van der Waals surface area (Å²) in [6, 6.07) is -0.0617. The average molecular weight is 229 g/mol. The molecule has 0 aromatic carbocycles. The predicted molar refractivity (Wildman–Crippen MR) is 63.7 cm³/mol. The van der Waals surface area contributed by atoms with E-state index in [1.165, 1.54) is 0 Å². The quantitative estimate of drug-likeness (QED) is 0.548. The molecule has 16 heavy (non-hydrogen) atoms. The Morgan fingerprint density at radius 2 is 1.88 bits per heavy atom. The summed E-state index contributed by atoms with van der Waals surface area (Å²) in [5.41, 5.74) is 5.03. The van der Waals surface area contributed by atoms with Gasteiger partial charge in [0, 0.05) is 19.0 Å². The first-order valence-corrected chi connectivity index (χ1v) is 5.70. The number of hydrogen-bond donors (Lipinski definition) is 3. The van der Waals surface area contributed by atoms with Gasteiger partial charge < -0.3 is 16.4 Å². The van der Waals surface area contributed by atoms with Crippen LogP contribution < -0.4 is 16.4 Å². The molecule has 0 aromatic heterocycles. The first-order valence-electron chi connectivity index (χ1n) is 5.70. The van der Waals surface area contributed by atoms with Gasteiger partial charge in [0.1, 0.15) is 0 Å². The number of hydrogen-bond acceptors (Lipinski definition) is 3. The van der Waals surface area contributed by atoms with E-state index in [0.29, 0.717) is 12.5 Å². The molecule has 0 saturated heterocycles. The van der Waals surface area contributed by atoms with E-state index in [-0.39, 0.29) is 30.8 Å². The molecule has 4 N–H and O–H groups in total. The highest BCUT2D eigenvalue weighted by molar-refractivity contribution is 5.78. The third-order valence-corrected chi connectivity index (χ3v) is 2.16. The van der Waals surface area contributed by atoms with E-state index in [1.54, 1.807) is 0 Å². The maximum Gasteiger partial charge on any atom is 0.233 e. The molecule has 0 rings (SSSR count). The van der Waals surface area contributed by atoms with Gasteiger partial charge in [-0.25, -0.2) is 0 Å². The summed E-state index contributed by atoms with van der Waals surface area (Å²) in [4.78, 5) is 21.9. The van der Waals surface area contributed by atoms with E-state index >= 15 is 0 Å². The minimum Gasteiger partial charge on any atom is -0.370 e. The highest BCUT2D eigenvalue weighted by atomic mass is 16.2. The Morgan fingerprint density at radius 3 is 2.38 bits per heavy atom. The summed E-state index contributed by atoms with van der Waals surface area (Å²) in [6.45, 7) is 6.97. The molecule has 2 amide bonds. The van der Waals surface area contributed by atoms with Crippen molar-refractivity contribution in [1.82, 2.24) is 10.6 Å². The van der Waals surface area contributed by atoms with Gasteiger partial charge >= 0.3 is 0 Å². The molecule has 0 aliphatic heterocycles. The Hall–Kier alpha value is -1.10. The molecule has 5 nitrogen and oxygen atoms in total. The Balaban J connectivity index is 3.53. The lowest BCUT2D eigenvalue weighted by molar-refractivity contribution is -0.121. The van der Waals surface area contributed by atoms with Crippen LogP contribution in [-0.4, -0.2) is 30.9 Å². The summed E-state index contributed by atoms with van der Waals surface area (Å²) in [7, 11) is 0. The number of amides is 2. The summed E-state index contributed by atoms with van der Waals surface area (Å²) < 4.78 is 0. The normalized spacial score (nSPS) is 12.5. The molecule has 0 saturated carbocycles. The SMILES string of the molecule is CC(C)CCNC(=O)CNC(C)CC(N)=O. The van der Waals surface area contributed by atoms with Crippen LogP contribution in [0.25, 0.3) is 0 Å². The molecule has 0 spiro atoms. The number of carbonyl (C=O) groups excluding carboxylic acids is 2. The fraction of sp³-hybridized carbons (Fsp3) is 0.818. The van der Waals surface area contributed by atoms with E-state index < -0.39 is 0 Å². The fourth-order valence-corrected chi connectivity index (χ4v) is 1.20. The van der Waals surface area contributed by atoms with Crippen LogP contribution in [0.1, 0.15) is 33.6 Å². The second kappa shape index (κ2) is 8.10. The van der Waals surface area contributed by atoms with Gasteiger partial charge in [0.2, 0.25) is 11.8 Å². The number of nitrogens with one attached hydrogen (secondary N) is 2. The Kier molecular flexibility index (Phi) is 7.54. The summed E-state index contributed by atoms with van der Waals surface area (Å²) in [6.07, 6.45) is 1.22. The summed E-state index contributed by atoms with van der Waals surface area (Å²) in [5.74, 6) is 0.180. The topological polar surface area (TPSA) is 84.2 Å². The monoisotopic (exact) mass is 229 g/mol. The van der Waals surface area contributed by atoms with Crippen molar-refractivity contribution < 1.29 is 9.59 Å². The third-order valence-electron chi connectivity index (χ3n) is 2.16. The van der Waals surface area contributed by atoms with E-state index in [2.05, 4.69) is 24.5 Å². The van der Waals surface area contributed by atoms with Gasteiger partial charge in [0.15, 0.2) is 0 Å². The zero-order valence-corrected chi connectivity index (χ0v) is 10.4. The van der Waals surface area contributed by atoms with Crippen molar-refractivity contribution in [2.45, 2.75) is 39.7 Å².